The molecule has 0 saturated heterocycles. The van der Waals surface area contributed by atoms with Crippen LogP contribution >= 0.6 is 11.6 Å². The van der Waals surface area contributed by atoms with E-state index in [-0.39, 0.29) is 0 Å². The summed E-state index contributed by atoms with van der Waals surface area (Å²) in [6.07, 6.45) is 0. The molecule has 0 unspecified atom stereocenters. The first-order valence-electron chi connectivity index (χ1n) is 7.27. The minimum absolute atomic E-state index is 0.604. The van der Waals surface area contributed by atoms with Crippen LogP contribution in [0.2, 0.25) is 5.02 Å². The van der Waals surface area contributed by atoms with E-state index in [1.54, 1.807) is 7.11 Å². The van der Waals surface area contributed by atoms with Gasteiger partial charge in [0.1, 0.15) is 11.5 Å². The Morgan fingerprint density at radius 2 is 1.59 bits per heavy atom. The number of ether oxygens (including phenoxy) is 2. The molecule has 2 aromatic carbocycles. The molecule has 0 heterocycles. The monoisotopic (exact) mass is 320 g/mol. The molecule has 0 radical (unpaired) electrons. The lowest BCUT2D eigenvalue weighted by Crippen LogP contribution is -2.13. The zero-order valence-electron chi connectivity index (χ0n) is 12.9. The maximum atomic E-state index is 6.09. The molecular weight excluding hydrogens is 300 g/mol. The summed E-state index contributed by atoms with van der Waals surface area (Å²) < 4.78 is 10.5. The SMILES string of the molecule is CCOc1ccc(NCCNc2ccc(OC)c(Cl)c2)cc1. The summed E-state index contributed by atoms with van der Waals surface area (Å²) in [7, 11) is 1.61. The first-order chi connectivity index (χ1) is 10.7. The largest absolute Gasteiger partial charge is 0.495 e. The quantitative estimate of drug-likeness (QED) is 0.713. The van der Waals surface area contributed by atoms with Gasteiger partial charge >= 0.3 is 0 Å². The third-order valence-electron chi connectivity index (χ3n) is 3.10. The molecule has 2 rings (SSSR count). The van der Waals surface area contributed by atoms with Crippen molar-refractivity contribution < 1.29 is 9.47 Å². The minimum Gasteiger partial charge on any atom is -0.495 e. The average molecular weight is 321 g/mol. The zero-order chi connectivity index (χ0) is 15.8. The van der Waals surface area contributed by atoms with E-state index in [9.17, 15) is 0 Å². The Morgan fingerprint density at radius 1 is 0.955 bits per heavy atom. The van der Waals surface area contributed by atoms with Crippen molar-refractivity contribution in [2.45, 2.75) is 6.92 Å². The van der Waals surface area contributed by atoms with Gasteiger partial charge in [-0.05, 0) is 49.4 Å². The summed E-state index contributed by atoms with van der Waals surface area (Å²) >= 11 is 6.09. The van der Waals surface area contributed by atoms with Crippen molar-refractivity contribution in [3.8, 4) is 11.5 Å². The third-order valence-corrected chi connectivity index (χ3v) is 3.40. The van der Waals surface area contributed by atoms with E-state index in [2.05, 4.69) is 10.6 Å². The van der Waals surface area contributed by atoms with Gasteiger partial charge in [0.25, 0.3) is 0 Å². The van der Waals surface area contributed by atoms with Crippen molar-refractivity contribution in [3.63, 3.8) is 0 Å². The second-order valence-electron chi connectivity index (χ2n) is 4.66. The lowest BCUT2D eigenvalue weighted by Gasteiger charge is -2.11. The molecule has 0 aromatic heterocycles. The second kappa shape index (κ2) is 8.39. The van der Waals surface area contributed by atoms with Gasteiger partial charge < -0.3 is 20.1 Å². The number of benzene rings is 2. The summed E-state index contributed by atoms with van der Waals surface area (Å²) in [4.78, 5) is 0. The molecule has 0 atom stereocenters. The Bertz CT molecular complexity index is 588. The van der Waals surface area contributed by atoms with Crippen LogP contribution in [0.5, 0.6) is 11.5 Å². The van der Waals surface area contributed by atoms with Gasteiger partial charge in [0, 0.05) is 24.5 Å². The maximum absolute atomic E-state index is 6.09. The fraction of sp³-hybridized carbons (Fsp3) is 0.294. The number of hydrogen-bond donors (Lipinski definition) is 2. The van der Waals surface area contributed by atoms with Gasteiger partial charge in [0.05, 0.1) is 18.7 Å². The molecule has 0 spiro atoms. The minimum atomic E-state index is 0.604. The lowest BCUT2D eigenvalue weighted by atomic mass is 10.3. The first-order valence-corrected chi connectivity index (χ1v) is 7.65. The highest BCUT2D eigenvalue weighted by Gasteiger charge is 2.01. The van der Waals surface area contributed by atoms with Crippen LogP contribution < -0.4 is 20.1 Å². The highest BCUT2D eigenvalue weighted by Crippen LogP contribution is 2.27. The van der Waals surface area contributed by atoms with Gasteiger partial charge in [-0.15, -0.1) is 0 Å². The molecule has 0 aliphatic rings. The summed E-state index contributed by atoms with van der Waals surface area (Å²) in [6, 6.07) is 13.6. The summed E-state index contributed by atoms with van der Waals surface area (Å²) in [6.45, 7) is 4.25. The van der Waals surface area contributed by atoms with Gasteiger partial charge in [-0.2, -0.15) is 0 Å². The molecule has 0 aliphatic carbocycles. The standard InChI is InChI=1S/C17H21ClN2O2/c1-3-22-15-7-4-13(5-8-15)19-10-11-20-14-6-9-17(21-2)16(18)12-14/h4-9,12,19-20H,3,10-11H2,1-2H3. The number of hydrogen-bond acceptors (Lipinski definition) is 4. The van der Waals surface area contributed by atoms with Crippen LogP contribution in [0.1, 0.15) is 6.92 Å². The van der Waals surface area contributed by atoms with Gasteiger partial charge in [-0.1, -0.05) is 11.6 Å². The first kappa shape index (κ1) is 16.3. The van der Waals surface area contributed by atoms with Crippen LogP contribution in [-0.2, 0) is 0 Å². The zero-order valence-corrected chi connectivity index (χ0v) is 13.6. The molecule has 118 valence electrons. The van der Waals surface area contributed by atoms with Gasteiger partial charge in [-0.3, -0.25) is 0 Å². The molecular formula is C17H21ClN2O2. The Labute approximate surface area is 136 Å². The summed E-state index contributed by atoms with van der Waals surface area (Å²) in [5.41, 5.74) is 2.04. The number of rotatable bonds is 8. The fourth-order valence-corrected chi connectivity index (χ4v) is 2.28. The number of halogens is 1. The van der Waals surface area contributed by atoms with Crippen molar-refractivity contribution in [1.29, 1.82) is 0 Å². The highest BCUT2D eigenvalue weighted by molar-refractivity contribution is 6.32. The van der Waals surface area contributed by atoms with Crippen molar-refractivity contribution in [2.75, 3.05) is 37.4 Å². The van der Waals surface area contributed by atoms with Gasteiger partial charge in [0.2, 0.25) is 0 Å². The van der Waals surface area contributed by atoms with E-state index in [1.165, 1.54) is 0 Å². The van der Waals surface area contributed by atoms with Gasteiger partial charge in [-0.25, -0.2) is 0 Å². The number of methoxy groups -OCH3 is 1. The van der Waals surface area contributed by atoms with E-state index < -0.39 is 0 Å². The van der Waals surface area contributed by atoms with Crippen molar-refractivity contribution in [2.24, 2.45) is 0 Å². The Hall–Kier alpha value is -2.07. The molecule has 5 heteroatoms. The topological polar surface area (TPSA) is 42.5 Å². The molecule has 2 aromatic rings. The van der Waals surface area contributed by atoms with Crippen molar-refractivity contribution >= 4 is 23.0 Å². The van der Waals surface area contributed by atoms with E-state index in [0.717, 1.165) is 30.2 Å². The van der Waals surface area contributed by atoms with Crippen molar-refractivity contribution in [1.82, 2.24) is 0 Å². The Balaban J connectivity index is 1.75. The highest BCUT2D eigenvalue weighted by atomic mass is 35.5. The normalized spacial score (nSPS) is 10.1. The van der Waals surface area contributed by atoms with Crippen molar-refractivity contribution in [3.05, 3.63) is 47.5 Å². The molecule has 4 nitrogen and oxygen atoms in total. The van der Waals surface area contributed by atoms with E-state index in [1.807, 2.05) is 49.4 Å². The second-order valence-corrected chi connectivity index (χ2v) is 5.07. The molecule has 22 heavy (non-hydrogen) atoms. The molecule has 0 saturated carbocycles. The number of nitrogens with one attached hydrogen (secondary N) is 2. The van der Waals surface area contributed by atoms with E-state index >= 15 is 0 Å². The third kappa shape index (κ3) is 4.74. The molecule has 0 amide bonds. The smallest absolute Gasteiger partial charge is 0.137 e. The fourth-order valence-electron chi connectivity index (χ4n) is 2.03. The molecule has 0 fully saturated rings. The summed E-state index contributed by atoms with van der Waals surface area (Å²) in [5.74, 6) is 1.57. The lowest BCUT2D eigenvalue weighted by molar-refractivity contribution is 0.340. The van der Waals surface area contributed by atoms with Crippen LogP contribution in [-0.4, -0.2) is 26.8 Å². The average Bonchev–Trinajstić information content (AvgIpc) is 2.53. The molecule has 0 aliphatic heterocycles. The predicted molar refractivity (Wildman–Crippen MR) is 92.6 cm³/mol. The molecule has 0 bridgehead atoms. The number of anilines is 2. The van der Waals surface area contributed by atoms with Crippen LogP contribution in [0.3, 0.4) is 0 Å². The predicted octanol–water partition coefficient (Wildman–Crippen LogP) is 4.27. The van der Waals surface area contributed by atoms with Gasteiger partial charge in [0.15, 0.2) is 0 Å². The van der Waals surface area contributed by atoms with Crippen LogP contribution in [0.15, 0.2) is 42.5 Å². The Kier molecular flexibility index (Phi) is 6.22. The van der Waals surface area contributed by atoms with E-state index in [0.29, 0.717) is 17.4 Å². The molecule has 2 N–H and O–H groups in total. The Morgan fingerprint density at radius 3 is 2.18 bits per heavy atom. The maximum Gasteiger partial charge on any atom is 0.137 e. The van der Waals surface area contributed by atoms with E-state index in [4.69, 9.17) is 21.1 Å². The van der Waals surface area contributed by atoms with Crippen LogP contribution in [0.4, 0.5) is 11.4 Å². The van der Waals surface area contributed by atoms with Crippen LogP contribution in [0.25, 0.3) is 0 Å². The summed E-state index contributed by atoms with van der Waals surface area (Å²) in [5, 5.41) is 7.26. The van der Waals surface area contributed by atoms with Crippen LogP contribution in [0, 0.1) is 0 Å².